The van der Waals surface area contributed by atoms with Gasteiger partial charge in [-0.15, -0.1) is 35.3 Å². The first-order chi connectivity index (χ1) is 14.8. The third-order valence-corrected chi connectivity index (χ3v) is 6.70. The Kier molecular flexibility index (Phi) is 9.54. The Bertz CT molecular complexity index is 918. The predicted octanol–water partition coefficient (Wildman–Crippen LogP) is 4.68. The molecule has 1 saturated heterocycles. The molecule has 5 nitrogen and oxygen atoms in total. The number of likely N-dealkylation sites (tertiary alicyclic amines) is 1. The van der Waals surface area contributed by atoms with Gasteiger partial charge in [-0.1, -0.05) is 42.5 Å². The molecule has 3 aromatic rings. The number of aromatic nitrogens is 1. The van der Waals surface area contributed by atoms with Gasteiger partial charge >= 0.3 is 0 Å². The van der Waals surface area contributed by atoms with Gasteiger partial charge in [0.2, 0.25) is 0 Å². The van der Waals surface area contributed by atoms with Crippen molar-refractivity contribution in [2.45, 2.75) is 38.3 Å². The first-order valence-corrected chi connectivity index (χ1v) is 11.7. The van der Waals surface area contributed by atoms with Gasteiger partial charge in [0.1, 0.15) is 0 Å². The average molecular weight is 550 g/mol. The lowest BCUT2D eigenvalue weighted by atomic mass is 10.0. The molecule has 2 heterocycles. The predicted molar refractivity (Wildman–Crippen MR) is 143 cm³/mol. The van der Waals surface area contributed by atoms with Crippen LogP contribution in [0.15, 0.2) is 59.6 Å². The zero-order valence-electron chi connectivity index (χ0n) is 18.1. The van der Waals surface area contributed by atoms with Crippen molar-refractivity contribution in [2.24, 2.45) is 4.99 Å². The second-order valence-electron chi connectivity index (χ2n) is 7.86. The summed E-state index contributed by atoms with van der Waals surface area (Å²) in [5.41, 5.74) is 2.51. The van der Waals surface area contributed by atoms with Gasteiger partial charge < -0.3 is 10.6 Å². The molecule has 31 heavy (non-hydrogen) atoms. The highest BCUT2D eigenvalue weighted by molar-refractivity contribution is 14.0. The smallest absolute Gasteiger partial charge is 0.191 e. The molecule has 0 amide bonds. The van der Waals surface area contributed by atoms with Crippen LogP contribution in [-0.2, 0) is 13.0 Å². The summed E-state index contributed by atoms with van der Waals surface area (Å²) in [5, 5.41) is 8.30. The van der Waals surface area contributed by atoms with Crippen molar-refractivity contribution in [1.82, 2.24) is 20.5 Å². The molecule has 2 aromatic carbocycles. The molecule has 2 N–H and O–H groups in total. The third-order valence-electron chi connectivity index (χ3n) is 5.60. The largest absolute Gasteiger partial charge is 0.356 e. The number of hydrogen-bond acceptors (Lipinski definition) is 4. The second-order valence-corrected chi connectivity index (χ2v) is 8.97. The van der Waals surface area contributed by atoms with Crippen LogP contribution in [0.2, 0.25) is 0 Å². The Balaban J connectivity index is 0.00000272. The minimum atomic E-state index is 0. The summed E-state index contributed by atoms with van der Waals surface area (Å²) in [5.74, 6) is 0.917. The molecule has 166 valence electrons. The van der Waals surface area contributed by atoms with Crippen LogP contribution in [0.1, 0.15) is 29.8 Å². The molecule has 0 unspecified atom stereocenters. The maximum atomic E-state index is 4.72. The molecule has 7 heteroatoms. The van der Waals surface area contributed by atoms with Gasteiger partial charge in [0.25, 0.3) is 0 Å². The van der Waals surface area contributed by atoms with Crippen molar-refractivity contribution in [3.05, 3.63) is 65.2 Å². The number of nitrogens with zero attached hydrogens (tertiary/aromatic N) is 3. The van der Waals surface area contributed by atoms with Crippen LogP contribution < -0.4 is 10.6 Å². The van der Waals surface area contributed by atoms with Gasteiger partial charge in [-0.05, 0) is 37.0 Å². The van der Waals surface area contributed by atoms with Crippen molar-refractivity contribution < 1.29 is 0 Å². The Morgan fingerprint density at radius 3 is 2.58 bits per heavy atom. The van der Waals surface area contributed by atoms with E-state index >= 15 is 0 Å². The van der Waals surface area contributed by atoms with Crippen LogP contribution in [0.4, 0.5) is 0 Å². The van der Waals surface area contributed by atoms with Crippen LogP contribution in [0.3, 0.4) is 0 Å². The molecule has 0 saturated carbocycles. The van der Waals surface area contributed by atoms with Gasteiger partial charge in [-0.25, -0.2) is 4.98 Å². The number of rotatable bonds is 7. The normalized spacial score (nSPS) is 15.6. The van der Waals surface area contributed by atoms with Crippen molar-refractivity contribution >= 4 is 51.5 Å². The number of aryl methyl sites for hydroxylation is 1. The van der Waals surface area contributed by atoms with E-state index in [2.05, 4.69) is 75.1 Å². The summed E-state index contributed by atoms with van der Waals surface area (Å²) in [7, 11) is 1.85. The van der Waals surface area contributed by atoms with Crippen molar-refractivity contribution in [3.63, 3.8) is 0 Å². The van der Waals surface area contributed by atoms with Crippen LogP contribution >= 0.6 is 35.3 Å². The molecular formula is C24H32IN5S. The fourth-order valence-electron chi connectivity index (χ4n) is 3.94. The number of halogens is 1. The maximum absolute atomic E-state index is 4.72. The number of piperidine rings is 1. The number of guanidine groups is 1. The summed E-state index contributed by atoms with van der Waals surface area (Å²) < 4.78 is 1.27. The monoisotopic (exact) mass is 549 g/mol. The highest BCUT2D eigenvalue weighted by Gasteiger charge is 2.19. The van der Waals surface area contributed by atoms with E-state index in [1.807, 2.05) is 7.05 Å². The minimum absolute atomic E-state index is 0. The van der Waals surface area contributed by atoms with E-state index in [4.69, 9.17) is 4.98 Å². The Morgan fingerprint density at radius 1 is 1.10 bits per heavy atom. The lowest BCUT2D eigenvalue weighted by Crippen LogP contribution is -2.48. The SMILES string of the molecule is CN=C(NCCCc1nc2ccccc2s1)NC1CCN(Cc2ccccc2)CC1.I. The molecular weight excluding hydrogens is 517 g/mol. The molecule has 0 radical (unpaired) electrons. The number of fused-ring (bicyclic) bond motifs is 1. The third kappa shape index (κ3) is 7.15. The highest BCUT2D eigenvalue weighted by Crippen LogP contribution is 2.22. The molecule has 0 aliphatic carbocycles. The summed E-state index contributed by atoms with van der Waals surface area (Å²) in [6.45, 7) is 4.21. The quantitative estimate of drug-likeness (QED) is 0.195. The fraction of sp³-hybridized carbons (Fsp3) is 0.417. The minimum Gasteiger partial charge on any atom is -0.356 e. The molecule has 0 bridgehead atoms. The zero-order valence-corrected chi connectivity index (χ0v) is 21.2. The van der Waals surface area contributed by atoms with Gasteiger partial charge in [0.15, 0.2) is 5.96 Å². The van der Waals surface area contributed by atoms with E-state index < -0.39 is 0 Å². The van der Waals surface area contributed by atoms with E-state index in [1.54, 1.807) is 11.3 Å². The lowest BCUT2D eigenvalue weighted by Gasteiger charge is -2.33. The second kappa shape index (κ2) is 12.4. The van der Waals surface area contributed by atoms with Gasteiger partial charge in [-0.2, -0.15) is 0 Å². The summed E-state index contributed by atoms with van der Waals surface area (Å²) in [6, 6.07) is 19.6. The Morgan fingerprint density at radius 2 is 1.84 bits per heavy atom. The summed E-state index contributed by atoms with van der Waals surface area (Å²) in [4.78, 5) is 11.7. The van der Waals surface area contributed by atoms with Gasteiger partial charge in [0.05, 0.1) is 15.2 Å². The van der Waals surface area contributed by atoms with Crippen LogP contribution in [0.25, 0.3) is 10.2 Å². The van der Waals surface area contributed by atoms with E-state index in [9.17, 15) is 0 Å². The Hall–Kier alpha value is -1.71. The highest BCUT2D eigenvalue weighted by atomic mass is 127. The van der Waals surface area contributed by atoms with Crippen LogP contribution in [0, 0.1) is 0 Å². The fourth-order valence-corrected chi connectivity index (χ4v) is 4.95. The van der Waals surface area contributed by atoms with Gasteiger partial charge in [0, 0.05) is 45.7 Å². The van der Waals surface area contributed by atoms with E-state index in [1.165, 1.54) is 15.3 Å². The summed E-state index contributed by atoms with van der Waals surface area (Å²) >= 11 is 1.80. The number of aliphatic imine (C=N–C) groups is 1. The summed E-state index contributed by atoms with van der Waals surface area (Å²) in [6.07, 6.45) is 4.36. The Labute approximate surface area is 206 Å². The number of nitrogens with one attached hydrogen (secondary N) is 2. The number of para-hydroxylation sites is 1. The van der Waals surface area contributed by atoms with Gasteiger partial charge in [-0.3, -0.25) is 9.89 Å². The number of thiazole rings is 1. The molecule has 1 fully saturated rings. The number of benzene rings is 2. The zero-order chi connectivity index (χ0) is 20.6. The molecule has 0 spiro atoms. The average Bonchev–Trinajstić information content (AvgIpc) is 3.21. The van der Waals surface area contributed by atoms with E-state index in [-0.39, 0.29) is 24.0 Å². The maximum Gasteiger partial charge on any atom is 0.191 e. The standard InChI is InChI=1S/C24H31N5S.HI/c1-25-24(26-15-7-12-23-28-21-10-5-6-11-22(21)30-23)27-20-13-16-29(17-14-20)18-19-8-3-2-4-9-19;/h2-6,8-11,20H,7,12-18H2,1H3,(H2,25,26,27);1H. The lowest BCUT2D eigenvalue weighted by molar-refractivity contribution is 0.198. The van der Waals surface area contributed by atoms with Crippen LogP contribution in [-0.4, -0.2) is 48.6 Å². The molecule has 4 rings (SSSR count). The molecule has 1 aromatic heterocycles. The van der Waals surface area contributed by atoms with Crippen molar-refractivity contribution in [1.29, 1.82) is 0 Å². The first-order valence-electron chi connectivity index (χ1n) is 10.9. The number of hydrogen-bond donors (Lipinski definition) is 2. The molecule has 1 aliphatic rings. The molecule has 0 atom stereocenters. The molecule has 1 aliphatic heterocycles. The first kappa shape index (κ1) is 23.9. The topological polar surface area (TPSA) is 52.6 Å². The van der Waals surface area contributed by atoms with Crippen LogP contribution in [0.5, 0.6) is 0 Å². The van der Waals surface area contributed by atoms with E-state index in [0.717, 1.165) is 63.3 Å². The van der Waals surface area contributed by atoms with Crippen molar-refractivity contribution in [2.75, 3.05) is 26.7 Å². The van der Waals surface area contributed by atoms with Crippen molar-refractivity contribution in [3.8, 4) is 0 Å². The van der Waals surface area contributed by atoms with E-state index in [0.29, 0.717) is 6.04 Å².